The van der Waals surface area contributed by atoms with Crippen LogP contribution in [-0.4, -0.2) is 19.7 Å². The van der Waals surface area contributed by atoms with Crippen molar-refractivity contribution < 1.29 is 0 Å². The molecule has 1 N–H and O–H groups in total. The first-order chi connectivity index (χ1) is 8.18. The van der Waals surface area contributed by atoms with Gasteiger partial charge in [-0.3, -0.25) is 4.68 Å². The van der Waals surface area contributed by atoms with Crippen molar-refractivity contribution in [2.24, 2.45) is 7.05 Å². The molecule has 2 rings (SSSR count). The third-order valence-electron chi connectivity index (χ3n) is 2.52. The number of nitrogens with zero attached hydrogens (tertiary/aromatic N) is 4. The van der Waals surface area contributed by atoms with Crippen molar-refractivity contribution in [3.63, 3.8) is 0 Å². The minimum Gasteiger partial charge on any atom is -0.307 e. The van der Waals surface area contributed by atoms with Crippen molar-refractivity contribution in [2.45, 2.75) is 20.0 Å². The highest BCUT2D eigenvalue weighted by Gasteiger charge is 2.10. The molecule has 0 aliphatic rings. The Morgan fingerprint density at radius 1 is 1.41 bits per heavy atom. The van der Waals surface area contributed by atoms with Crippen molar-refractivity contribution in [2.75, 3.05) is 0 Å². The highest BCUT2D eigenvalue weighted by Crippen LogP contribution is 2.18. The molecule has 2 aromatic rings. The summed E-state index contributed by atoms with van der Waals surface area (Å²) in [6, 6.07) is 1.88. The smallest absolute Gasteiger partial charge is 0.131 e. The fraction of sp³-hybridized carbons (Fsp3) is 0.364. The van der Waals surface area contributed by atoms with E-state index in [9.17, 15) is 0 Å². The van der Waals surface area contributed by atoms with Gasteiger partial charge in [-0.2, -0.15) is 5.10 Å². The van der Waals surface area contributed by atoms with Gasteiger partial charge in [-0.15, -0.1) is 0 Å². The van der Waals surface area contributed by atoms with Gasteiger partial charge in [0.25, 0.3) is 0 Å². The highest BCUT2D eigenvalue weighted by molar-refractivity contribution is 6.30. The molecule has 0 fully saturated rings. The number of aromatic nitrogens is 4. The lowest BCUT2D eigenvalue weighted by Gasteiger charge is -2.03. The predicted molar refractivity (Wildman–Crippen MR) is 65.5 cm³/mol. The quantitative estimate of drug-likeness (QED) is 0.894. The summed E-state index contributed by atoms with van der Waals surface area (Å²) >= 11 is 6.13. The Bertz CT molecular complexity index is 494. The number of halogens is 1. The van der Waals surface area contributed by atoms with E-state index in [0.29, 0.717) is 18.2 Å². The Kier molecular flexibility index (Phi) is 3.71. The second-order valence-electron chi connectivity index (χ2n) is 3.78. The van der Waals surface area contributed by atoms with E-state index < -0.39 is 0 Å². The zero-order valence-corrected chi connectivity index (χ0v) is 10.6. The zero-order chi connectivity index (χ0) is 12.3. The molecule has 6 heteroatoms. The molecule has 0 unspecified atom stereocenters. The molecule has 2 heterocycles. The molecule has 0 saturated carbocycles. The summed E-state index contributed by atoms with van der Waals surface area (Å²) in [5.41, 5.74) is 2.94. The third-order valence-corrected chi connectivity index (χ3v) is 2.99. The van der Waals surface area contributed by atoms with E-state index in [2.05, 4.69) is 20.4 Å². The van der Waals surface area contributed by atoms with E-state index in [0.717, 1.165) is 17.0 Å². The number of hydrogen-bond acceptors (Lipinski definition) is 4. The third kappa shape index (κ3) is 2.81. The molecule has 0 aliphatic carbocycles. The van der Waals surface area contributed by atoms with Gasteiger partial charge in [-0.25, -0.2) is 9.97 Å². The first kappa shape index (κ1) is 12.0. The maximum Gasteiger partial charge on any atom is 0.131 e. The van der Waals surface area contributed by atoms with Gasteiger partial charge in [0.2, 0.25) is 0 Å². The van der Waals surface area contributed by atoms with Gasteiger partial charge in [-0.1, -0.05) is 11.6 Å². The fourth-order valence-electron chi connectivity index (χ4n) is 1.61. The first-order valence-electron chi connectivity index (χ1n) is 5.32. The Morgan fingerprint density at radius 3 is 2.82 bits per heavy atom. The largest absolute Gasteiger partial charge is 0.307 e. The van der Waals surface area contributed by atoms with Crippen LogP contribution in [0.2, 0.25) is 5.15 Å². The van der Waals surface area contributed by atoms with E-state index in [1.54, 1.807) is 17.2 Å². The van der Waals surface area contributed by atoms with Gasteiger partial charge in [0.1, 0.15) is 11.5 Å². The van der Waals surface area contributed by atoms with E-state index in [-0.39, 0.29) is 0 Å². The van der Waals surface area contributed by atoms with E-state index in [1.165, 1.54) is 0 Å². The fourth-order valence-corrected chi connectivity index (χ4v) is 1.85. The SMILES string of the molecule is Cc1nn(C)c(Cl)c1CNCc1ccncn1. The van der Waals surface area contributed by atoms with Crippen LogP contribution in [0.3, 0.4) is 0 Å². The average Bonchev–Trinajstić information content (AvgIpc) is 2.57. The molecule has 5 nitrogen and oxygen atoms in total. The van der Waals surface area contributed by atoms with Crippen LogP contribution in [0.5, 0.6) is 0 Å². The molecule has 90 valence electrons. The molecule has 0 bridgehead atoms. The van der Waals surface area contributed by atoms with E-state index >= 15 is 0 Å². The van der Waals surface area contributed by atoms with Crippen LogP contribution in [-0.2, 0) is 20.1 Å². The lowest BCUT2D eigenvalue weighted by molar-refractivity contribution is 0.675. The molecule has 2 aromatic heterocycles. The molecule has 0 aromatic carbocycles. The minimum atomic E-state index is 0.678. The van der Waals surface area contributed by atoms with Gasteiger partial charge in [0, 0.05) is 31.9 Å². The molecule has 0 radical (unpaired) electrons. The van der Waals surface area contributed by atoms with Crippen LogP contribution in [0.1, 0.15) is 17.0 Å². The lowest BCUT2D eigenvalue weighted by atomic mass is 10.2. The second kappa shape index (κ2) is 5.25. The number of nitrogens with one attached hydrogen (secondary N) is 1. The lowest BCUT2D eigenvalue weighted by Crippen LogP contribution is -2.14. The minimum absolute atomic E-state index is 0.678. The molecule has 0 saturated heterocycles. The van der Waals surface area contributed by atoms with Gasteiger partial charge >= 0.3 is 0 Å². The van der Waals surface area contributed by atoms with Crippen molar-refractivity contribution in [1.29, 1.82) is 0 Å². The van der Waals surface area contributed by atoms with Gasteiger partial charge in [0.05, 0.1) is 11.4 Å². The van der Waals surface area contributed by atoms with Crippen LogP contribution in [0.25, 0.3) is 0 Å². The summed E-state index contributed by atoms with van der Waals surface area (Å²) in [7, 11) is 1.84. The van der Waals surface area contributed by atoms with Gasteiger partial charge in [0.15, 0.2) is 0 Å². The Balaban J connectivity index is 1.95. The van der Waals surface area contributed by atoms with Crippen molar-refractivity contribution in [3.05, 3.63) is 40.7 Å². The maximum atomic E-state index is 6.13. The summed E-state index contributed by atoms with van der Waals surface area (Å²) in [6.45, 7) is 3.32. The van der Waals surface area contributed by atoms with Gasteiger partial charge < -0.3 is 5.32 Å². The molecule has 0 spiro atoms. The van der Waals surface area contributed by atoms with Crippen LogP contribution in [0, 0.1) is 6.92 Å². The number of hydrogen-bond donors (Lipinski definition) is 1. The maximum absolute atomic E-state index is 6.13. The van der Waals surface area contributed by atoms with Crippen LogP contribution in [0.15, 0.2) is 18.6 Å². The summed E-state index contributed by atoms with van der Waals surface area (Å²) in [4.78, 5) is 8.00. The average molecular weight is 252 g/mol. The Labute approximate surface area is 105 Å². The number of aryl methyl sites for hydroxylation is 2. The molecule has 17 heavy (non-hydrogen) atoms. The molecule has 0 amide bonds. The second-order valence-corrected chi connectivity index (χ2v) is 4.14. The summed E-state index contributed by atoms with van der Waals surface area (Å²) in [5, 5.41) is 8.22. The van der Waals surface area contributed by atoms with Crippen molar-refractivity contribution in [3.8, 4) is 0 Å². The molecular weight excluding hydrogens is 238 g/mol. The number of rotatable bonds is 4. The topological polar surface area (TPSA) is 55.6 Å². The Hall–Kier alpha value is -1.46. The van der Waals surface area contributed by atoms with Crippen molar-refractivity contribution >= 4 is 11.6 Å². The van der Waals surface area contributed by atoms with Crippen LogP contribution < -0.4 is 5.32 Å². The Morgan fingerprint density at radius 2 is 2.24 bits per heavy atom. The van der Waals surface area contributed by atoms with E-state index in [1.807, 2.05) is 20.0 Å². The molecular formula is C11H14ClN5. The van der Waals surface area contributed by atoms with Crippen LogP contribution in [0.4, 0.5) is 0 Å². The normalized spacial score (nSPS) is 10.8. The first-order valence-corrected chi connectivity index (χ1v) is 5.70. The molecule has 0 aliphatic heterocycles. The summed E-state index contributed by atoms with van der Waals surface area (Å²) in [6.07, 6.45) is 3.27. The summed E-state index contributed by atoms with van der Waals surface area (Å²) < 4.78 is 1.68. The zero-order valence-electron chi connectivity index (χ0n) is 9.81. The van der Waals surface area contributed by atoms with Crippen LogP contribution >= 0.6 is 11.6 Å². The monoisotopic (exact) mass is 251 g/mol. The highest BCUT2D eigenvalue weighted by atomic mass is 35.5. The molecule has 0 atom stereocenters. The van der Waals surface area contributed by atoms with Gasteiger partial charge in [-0.05, 0) is 13.0 Å². The standard InChI is InChI=1S/C11H14ClN5/c1-8-10(11(12)17(2)16-8)6-14-5-9-3-4-13-7-15-9/h3-4,7,14H,5-6H2,1-2H3. The van der Waals surface area contributed by atoms with Crippen molar-refractivity contribution in [1.82, 2.24) is 25.1 Å². The van der Waals surface area contributed by atoms with E-state index in [4.69, 9.17) is 11.6 Å². The predicted octanol–water partition coefficient (Wildman–Crippen LogP) is 1.46. The summed E-state index contributed by atoms with van der Waals surface area (Å²) in [5.74, 6) is 0.